The second kappa shape index (κ2) is 6.22. The van der Waals surface area contributed by atoms with E-state index in [1.807, 2.05) is 30.3 Å². The molecular weight excluding hydrogens is 335 g/mol. The normalized spacial score (nSPS) is 17.3. The van der Waals surface area contributed by atoms with Crippen LogP contribution >= 0.6 is 23.2 Å². The van der Waals surface area contributed by atoms with Gasteiger partial charge in [0.2, 0.25) is 5.91 Å². The predicted molar refractivity (Wildman–Crippen MR) is 91.0 cm³/mol. The lowest BCUT2D eigenvalue weighted by atomic mass is 9.98. The SMILES string of the molecule is CC(=O)N1N=C(c2cc(Cl)cc(Cl)c2O)CC1c1ccccc1. The van der Waals surface area contributed by atoms with Gasteiger partial charge in [0.05, 0.1) is 16.8 Å². The van der Waals surface area contributed by atoms with Crippen LogP contribution < -0.4 is 0 Å². The average Bonchev–Trinajstić information content (AvgIpc) is 2.97. The molecule has 118 valence electrons. The van der Waals surface area contributed by atoms with Crippen LogP contribution in [0.15, 0.2) is 47.6 Å². The van der Waals surface area contributed by atoms with Gasteiger partial charge in [-0.25, -0.2) is 5.01 Å². The molecule has 0 saturated carbocycles. The number of amides is 1. The van der Waals surface area contributed by atoms with Crippen LogP contribution in [0.5, 0.6) is 5.75 Å². The second-order valence-corrected chi connectivity index (χ2v) is 6.17. The minimum atomic E-state index is -0.208. The molecule has 23 heavy (non-hydrogen) atoms. The molecule has 6 heteroatoms. The smallest absolute Gasteiger partial charge is 0.240 e. The maximum atomic E-state index is 11.9. The fourth-order valence-corrected chi connectivity index (χ4v) is 3.18. The number of hydrazone groups is 1. The van der Waals surface area contributed by atoms with Crippen molar-refractivity contribution < 1.29 is 9.90 Å². The van der Waals surface area contributed by atoms with Crippen molar-refractivity contribution >= 4 is 34.8 Å². The summed E-state index contributed by atoms with van der Waals surface area (Å²) in [6.07, 6.45) is 0.480. The summed E-state index contributed by atoms with van der Waals surface area (Å²) in [5.41, 5.74) is 2.01. The summed E-state index contributed by atoms with van der Waals surface area (Å²) in [5, 5.41) is 16.6. The fourth-order valence-electron chi connectivity index (χ4n) is 2.68. The van der Waals surface area contributed by atoms with Gasteiger partial charge in [-0.15, -0.1) is 0 Å². The van der Waals surface area contributed by atoms with Crippen LogP contribution in [0, 0.1) is 0 Å². The van der Waals surface area contributed by atoms with Gasteiger partial charge in [-0.1, -0.05) is 53.5 Å². The average molecular weight is 349 g/mol. The molecule has 1 unspecified atom stereocenters. The van der Waals surface area contributed by atoms with E-state index in [0.717, 1.165) is 5.56 Å². The first-order chi connectivity index (χ1) is 11.0. The predicted octanol–water partition coefficient (Wildman–Crippen LogP) is 4.40. The molecule has 1 aliphatic heterocycles. The molecule has 4 nitrogen and oxygen atoms in total. The highest BCUT2D eigenvalue weighted by atomic mass is 35.5. The van der Waals surface area contributed by atoms with Gasteiger partial charge in [-0.2, -0.15) is 5.10 Å². The Kier molecular flexibility index (Phi) is 4.28. The Morgan fingerprint density at radius 3 is 2.61 bits per heavy atom. The largest absolute Gasteiger partial charge is 0.506 e. The number of aromatic hydroxyl groups is 1. The molecule has 0 aliphatic carbocycles. The van der Waals surface area contributed by atoms with Crippen molar-refractivity contribution in [2.75, 3.05) is 0 Å². The van der Waals surface area contributed by atoms with Crippen LogP contribution in [-0.2, 0) is 4.79 Å². The van der Waals surface area contributed by atoms with Crippen LogP contribution in [0.25, 0.3) is 0 Å². The first-order valence-electron chi connectivity index (χ1n) is 7.08. The Bertz CT molecular complexity index is 791. The van der Waals surface area contributed by atoms with Gasteiger partial charge in [-0.05, 0) is 17.7 Å². The molecule has 1 amide bonds. The number of carbonyl (C=O) groups excluding carboxylic acids is 1. The van der Waals surface area contributed by atoms with Crippen molar-refractivity contribution in [1.29, 1.82) is 0 Å². The summed E-state index contributed by atoms with van der Waals surface area (Å²) in [7, 11) is 0. The minimum absolute atomic E-state index is 0.0768. The van der Waals surface area contributed by atoms with Crippen molar-refractivity contribution in [1.82, 2.24) is 5.01 Å². The van der Waals surface area contributed by atoms with Gasteiger partial charge in [-0.3, -0.25) is 4.79 Å². The standard InChI is InChI=1S/C17H14Cl2N2O2/c1-10(22)21-16(11-5-3-2-4-6-11)9-15(20-21)13-7-12(18)8-14(19)17(13)23/h2-8,16,23H,9H2,1H3. The van der Waals surface area contributed by atoms with Crippen LogP contribution in [0.2, 0.25) is 10.0 Å². The number of nitrogens with zero attached hydrogens (tertiary/aromatic N) is 2. The summed E-state index contributed by atoms with van der Waals surface area (Å²) in [5.74, 6) is -0.242. The number of rotatable bonds is 2. The number of phenolic OH excluding ortho intramolecular Hbond substituents is 1. The third-order valence-electron chi connectivity index (χ3n) is 3.76. The third kappa shape index (κ3) is 3.05. The summed E-state index contributed by atoms with van der Waals surface area (Å²) in [6.45, 7) is 1.47. The van der Waals surface area contributed by atoms with E-state index in [2.05, 4.69) is 5.10 Å². The van der Waals surface area contributed by atoms with E-state index < -0.39 is 0 Å². The third-order valence-corrected chi connectivity index (χ3v) is 4.26. The summed E-state index contributed by atoms with van der Waals surface area (Å²) in [4.78, 5) is 11.9. The van der Waals surface area contributed by atoms with E-state index in [1.165, 1.54) is 18.0 Å². The Hall–Kier alpha value is -2.04. The van der Waals surface area contributed by atoms with Crippen LogP contribution in [0.3, 0.4) is 0 Å². The second-order valence-electron chi connectivity index (χ2n) is 5.32. The number of carbonyl (C=O) groups is 1. The molecule has 0 radical (unpaired) electrons. The minimum Gasteiger partial charge on any atom is -0.506 e. The molecule has 1 atom stereocenters. The molecular formula is C17H14Cl2N2O2. The van der Waals surface area contributed by atoms with Gasteiger partial charge in [0.25, 0.3) is 0 Å². The van der Waals surface area contributed by atoms with Gasteiger partial charge in [0, 0.05) is 23.9 Å². The molecule has 1 heterocycles. The van der Waals surface area contributed by atoms with Crippen LogP contribution in [-0.4, -0.2) is 21.7 Å². The van der Waals surface area contributed by atoms with Crippen LogP contribution in [0.1, 0.15) is 30.5 Å². The Morgan fingerprint density at radius 2 is 1.96 bits per heavy atom. The lowest BCUT2D eigenvalue weighted by molar-refractivity contribution is -0.130. The van der Waals surface area contributed by atoms with Crippen molar-refractivity contribution in [2.45, 2.75) is 19.4 Å². The Balaban J connectivity index is 2.03. The van der Waals surface area contributed by atoms with E-state index >= 15 is 0 Å². The van der Waals surface area contributed by atoms with Crippen molar-refractivity contribution in [3.05, 3.63) is 63.6 Å². The van der Waals surface area contributed by atoms with E-state index in [-0.39, 0.29) is 22.7 Å². The summed E-state index contributed by atoms with van der Waals surface area (Å²) in [6, 6.07) is 12.5. The monoisotopic (exact) mass is 348 g/mol. The van der Waals surface area contributed by atoms with E-state index in [1.54, 1.807) is 6.07 Å². The first kappa shape index (κ1) is 15.8. The zero-order valence-electron chi connectivity index (χ0n) is 12.3. The number of hydrogen-bond acceptors (Lipinski definition) is 3. The zero-order valence-corrected chi connectivity index (χ0v) is 13.8. The van der Waals surface area contributed by atoms with Crippen molar-refractivity contribution in [3.8, 4) is 5.75 Å². The number of hydrogen-bond donors (Lipinski definition) is 1. The van der Waals surface area contributed by atoms with Crippen molar-refractivity contribution in [3.63, 3.8) is 0 Å². The maximum absolute atomic E-state index is 11.9. The number of benzene rings is 2. The highest BCUT2D eigenvalue weighted by Crippen LogP contribution is 2.38. The molecule has 0 fully saturated rings. The Morgan fingerprint density at radius 1 is 1.26 bits per heavy atom. The molecule has 1 aliphatic rings. The molecule has 1 N–H and O–H groups in total. The number of phenols is 1. The molecule has 0 spiro atoms. The molecule has 0 bridgehead atoms. The molecule has 2 aromatic rings. The number of halogens is 2. The van der Waals surface area contributed by atoms with Gasteiger partial charge >= 0.3 is 0 Å². The zero-order chi connectivity index (χ0) is 16.6. The van der Waals surface area contributed by atoms with Gasteiger partial charge in [0.1, 0.15) is 5.75 Å². The summed E-state index contributed by atoms with van der Waals surface area (Å²) < 4.78 is 0. The van der Waals surface area contributed by atoms with E-state index in [4.69, 9.17) is 23.2 Å². The maximum Gasteiger partial charge on any atom is 0.240 e. The van der Waals surface area contributed by atoms with E-state index in [9.17, 15) is 9.90 Å². The topological polar surface area (TPSA) is 52.9 Å². The van der Waals surface area contributed by atoms with E-state index in [0.29, 0.717) is 22.7 Å². The van der Waals surface area contributed by atoms with Crippen LogP contribution in [0.4, 0.5) is 0 Å². The molecule has 3 rings (SSSR count). The highest BCUT2D eigenvalue weighted by molar-refractivity contribution is 6.36. The lowest BCUT2D eigenvalue weighted by Gasteiger charge is -2.20. The lowest BCUT2D eigenvalue weighted by Crippen LogP contribution is -2.24. The quantitative estimate of drug-likeness (QED) is 0.874. The molecule has 2 aromatic carbocycles. The van der Waals surface area contributed by atoms with Gasteiger partial charge in [0.15, 0.2) is 0 Å². The van der Waals surface area contributed by atoms with Crippen molar-refractivity contribution in [2.24, 2.45) is 5.10 Å². The molecule has 0 aromatic heterocycles. The molecule has 0 saturated heterocycles. The Labute approximate surface area is 143 Å². The first-order valence-corrected chi connectivity index (χ1v) is 7.83. The fraction of sp³-hybridized carbons (Fsp3) is 0.176. The highest BCUT2D eigenvalue weighted by Gasteiger charge is 2.32. The summed E-state index contributed by atoms with van der Waals surface area (Å²) >= 11 is 12.0. The van der Waals surface area contributed by atoms with Gasteiger partial charge < -0.3 is 5.11 Å².